The lowest BCUT2D eigenvalue weighted by Crippen LogP contribution is -2.43. The fraction of sp³-hybridized carbons (Fsp3) is 0.417. The summed E-state index contributed by atoms with van der Waals surface area (Å²) in [5, 5.41) is 22.9. The van der Waals surface area contributed by atoms with Gasteiger partial charge in [-0.25, -0.2) is 38.0 Å². The number of hydrazine groups is 1. The van der Waals surface area contributed by atoms with E-state index in [-0.39, 0.29) is 50.2 Å². The molecule has 1 heterocycles. The minimum atomic E-state index is -4.10. The topological polar surface area (TPSA) is 185 Å². The minimum absolute atomic E-state index is 0.0182. The maximum atomic E-state index is 15.0. The van der Waals surface area contributed by atoms with Crippen LogP contribution in [0.3, 0.4) is 0 Å². The Hall–Kier alpha value is -3.06. The summed E-state index contributed by atoms with van der Waals surface area (Å²) in [5.41, 5.74) is 6.00. The van der Waals surface area contributed by atoms with Gasteiger partial charge in [0.2, 0.25) is 10.0 Å². The van der Waals surface area contributed by atoms with Crippen molar-refractivity contribution in [2.75, 3.05) is 44.7 Å². The molecule has 3 rings (SSSR count). The van der Waals surface area contributed by atoms with Crippen molar-refractivity contribution < 1.29 is 47.1 Å². The third kappa shape index (κ3) is 9.54. The van der Waals surface area contributed by atoms with Crippen LogP contribution in [0.4, 0.5) is 10.1 Å². The van der Waals surface area contributed by atoms with Gasteiger partial charge in [0.25, 0.3) is 0 Å². The van der Waals surface area contributed by atoms with Crippen molar-refractivity contribution >= 4 is 27.5 Å². The Morgan fingerprint density at radius 3 is 2.55 bits per heavy atom. The monoisotopic (exact) mass is 585 g/mol. The summed E-state index contributed by atoms with van der Waals surface area (Å²) in [6.45, 7) is 3.56. The number of sulfonamides is 1. The Bertz CT molecular complexity index is 1310. The molecule has 1 aliphatic heterocycles. The molecule has 0 aromatic heterocycles. The molecular weight excluding hydrogens is 553 g/mol. The number of anilines is 1. The van der Waals surface area contributed by atoms with E-state index < -0.39 is 33.4 Å². The summed E-state index contributed by atoms with van der Waals surface area (Å²) >= 11 is 0. The molecule has 0 spiro atoms. The average molecular weight is 586 g/mol. The first-order valence-electron chi connectivity index (χ1n) is 12.1. The Kier molecular flexibility index (Phi) is 11.4. The highest BCUT2D eigenvalue weighted by Gasteiger charge is 2.29. The lowest BCUT2D eigenvalue weighted by atomic mass is 10.0. The second-order valence-electron chi connectivity index (χ2n) is 8.72. The molecule has 1 atom stereocenters. The summed E-state index contributed by atoms with van der Waals surface area (Å²) in [6.07, 6.45) is -0.424. The predicted octanol–water partition coefficient (Wildman–Crippen LogP) is 0.970. The Labute approximate surface area is 230 Å². The number of carbonyl (C=O) groups excluding carboxylic acids is 1. The highest BCUT2D eigenvalue weighted by atomic mass is 32.2. The number of rotatable bonds is 15. The van der Waals surface area contributed by atoms with Gasteiger partial charge in [-0.15, -0.1) is 0 Å². The number of esters is 1. The molecule has 220 valence electrons. The zero-order valence-corrected chi connectivity index (χ0v) is 22.8. The van der Waals surface area contributed by atoms with E-state index in [1.54, 1.807) is 0 Å². The number of aryl methyl sites for hydroxylation is 2. The minimum Gasteiger partial charge on any atom is -0.460 e. The van der Waals surface area contributed by atoms with Gasteiger partial charge in [0.1, 0.15) is 24.9 Å². The third-order valence-corrected chi connectivity index (χ3v) is 6.52. The lowest BCUT2D eigenvalue weighted by Gasteiger charge is -2.23. The first-order valence-corrected chi connectivity index (χ1v) is 13.6. The number of hydrogen-bond donors (Lipinski definition) is 4. The van der Waals surface area contributed by atoms with E-state index in [2.05, 4.69) is 15.3 Å². The molecule has 14 nitrogen and oxygen atoms in total. The van der Waals surface area contributed by atoms with Gasteiger partial charge in [-0.2, -0.15) is 0 Å². The molecular formula is C24H32FN5O9S. The van der Waals surface area contributed by atoms with Gasteiger partial charge in [-0.1, -0.05) is 23.8 Å². The van der Waals surface area contributed by atoms with Crippen molar-refractivity contribution in [3.05, 3.63) is 58.9 Å². The SMILES string of the molecule is Cc1ccc(C)c(CC2=NC(COC(=O)COCCOCCON(O)O)NN2c2ccc(S(N)(=O)=O)cc2F)c1. The highest BCUT2D eigenvalue weighted by molar-refractivity contribution is 7.89. The number of halogens is 1. The molecule has 1 aliphatic rings. The third-order valence-electron chi connectivity index (χ3n) is 5.61. The van der Waals surface area contributed by atoms with Crippen LogP contribution in [0.15, 0.2) is 46.3 Å². The number of nitrogens with zero attached hydrogens (tertiary/aromatic N) is 3. The zero-order valence-electron chi connectivity index (χ0n) is 21.9. The van der Waals surface area contributed by atoms with Crippen molar-refractivity contribution in [2.24, 2.45) is 10.1 Å². The van der Waals surface area contributed by atoms with Crippen molar-refractivity contribution in [1.29, 1.82) is 0 Å². The quantitative estimate of drug-likeness (QED) is 0.132. The second-order valence-corrected chi connectivity index (χ2v) is 10.3. The van der Waals surface area contributed by atoms with Crippen molar-refractivity contribution in [3.63, 3.8) is 0 Å². The van der Waals surface area contributed by atoms with Crippen LogP contribution < -0.4 is 15.6 Å². The lowest BCUT2D eigenvalue weighted by molar-refractivity contribution is -0.493. The number of carbonyl (C=O) groups is 1. The van der Waals surface area contributed by atoms with Crippen LogP contribution in [-0.2, 0) is 40.3 Å². The molecule has 0 saturated carbocycles. The summed E-state index contributed by atoms with van der Waals surface area (Å²) < 4.78 is 53.9. The van der Waals surface area contributed by atoms with Gasteiger partial charge in [-0.3, -0.25) is 15.4 Å². The van der Waals surface area contributed by atoms with Crippen LogP contribution in [0.5, 0.6) is 0 Å². The number of primary sulfonamides is 1. The molecule has 2 aromatic carbocycles. The molecule has 0 amide bonds. The molecule has 1 unspecified atom stereocenters. The van der Waals surface area contributed by atoms with Crippen molar-refractivity contribution in [2.45, 2.75) is 31.3 Å². The number of aliphatic imine (C=N–C) groups is 1. The molecule has 0 fully saturated rings. The normalized spacial score (nSPS) is 15.5. The molecule has 40 heavy (non-hydrogen) atoms. The van der Waals surface area contributed by atoms with E-state index in [4.69, 9.17) is 29.8 Å². The van der Waals surface area contributed by atoms with E-state index >= 15 is 4.39 Å². The van der Waals surface area contributed by atoms with E-state index in [1.165, 1.54) is 17.1 Å². The Morgan fingerprint density at radius 2 is 1.85 bits per heavy atom. The first-order chi connectivity index (χ1) is 18.9. The van der Waals surface area contributed by atoms with E-state index in [0.717, 1.165) is 22.8 Å². The van der Waals surface area contributed by atoms with Crippen molar-refractivity contribution in [3.8, 4) is 0 Å². The zero-order chi connectivity index (χ0) is 29.3. The summed E-state index contributed by atoms with van der Waals surface area (Å²) in [7, 11) is -4.10. The number of amidine groups is 1. The molecule has 0 radical (unpaired) electrons. The number of nitrogens with one attached hydrogen (secondary N) is 1. The highest BCUT2D eigenvalue weighted by Crippen LogP contribution is 2.26. The van der Waals surface area contributed by atoms with Crippen molar-refractivity contribution in [1.82, 2.24) is 10.8 Å². The van der Waals surface area contributed by atoms with E-state index in [1.807, 2.05) is 32.0 Å². The molecule has 0 aliphatic carbocycles. The van der Waals surface area contributed by atoms with Gasteiger partial charge < -0.3 is 14.2 Å². The fourth-order valence-corrected chi connectivity index (χ4v) is 4.20. The maximum absolute atomic E-state index is 15.0. The van der Waals surface area contributed by atoms with Crippen LogP contribution >= 0.6 is 0 Å². The van der Waals surface area contributed by atoms with Gasteiger partial charge >= 0.3 is 5.97 Å². The predicted molar refractivity (Wildman–Crippen MR) is 138 cm³/mol. The first kappa shape index (κ1) is 31.5. The summed E-state index contributed by atoms with van der Waals surface area (Å²) in [4.78, 5) is 20.6. The number of hydrogen-bond acceptors (Lipinski definition) is 13. The van der Waals surface area contributed by atoms with Gasteiger partial charge in [0.15, 0.2) is 6.17 Å². The van der Waals surface area contributed by atoms with E-state index in [0.29, 0.717) is 12.3 Å². The largest absolute Gasteiger partial charge is 0.460 e. The standard InChI is InChI=1S/C24H32FN5O9S/c1-16-3-4-17(2)18(11-16)12-23-27-22(14-38-24(31)15-37-8-7-36-9-10-39-30(32)33)28-29(23)21-6-5-19(13-20(21)25)40(26,34)35/h3-6,11,13,22,28,32-33H,7-10,12,14-15H2,1-2H3,(H2,26,34,35). The Morgan fingerprint density at radius 1 is 1.12 bits per heavy atom. The Balaban J connectivity index is 1.61. The van der Waals surface area contributed by atoms with Crippen LogP contribution in [0.25, 0.3) is 0 Å². The summed E-state index contributed by atoms with van der Waals surface area (Å²) in [5.74, 6) is -1.06. The molecule has 5 N–H and O–H groups in total. The molecule has 0 bridgehead atoms. The van der Waals surface area contributed by atoms with Crippen LogP contribution in [-0.4, -0.2) is 81.8 Å². The van der Waals surface area contributed by atoms with Crippen LogP contribution in [0.1, 0.15) is 16.7 Å². The summed E-state index contributed by atoms with van der Waals surface area (Å²) in [6, 6.07) is 9.24. The van der Waals surface area contributed by atoms with Gasteiger partial charge in [-0.05, 0) is 43.2 Å². The second kappa shape index (κ2) is 14.5. The number of ether oxygens (including phenoxy) is 3. The number of benzene rings is 2. The van der Waals surface area contributed by atoms with Crippen LogP contribution in [0, 0.1) is 19.7 Å². The van der Waals surface area contributed by atoms with Gasteiger partial charge in [0.05, 0.1) is 42.4 Å². The maximum Gasteiger partial charge on any atom is 0.332 e. The smallest absolute Gasteiger partial charge is 0.332 e. The fourth-order valence-electron chi connectivity index (χ4n) is 3.67. The molecule has 2 aromatic rings. The van der Waals surface area contributed by atoms with Crippen LogP contribution in [0.2, 0.25) is 0 Å². The molecule has 16 heteroatoms. The average Bonchev–Trinajstić information content (AvgIpc) is 3.28. The van der Waals surface area contributed by atoms with Gasteiger partial charge in [0, 0.05) is 6.42 Å². The number of nitrogens with two attached hydrogens (primary N) is 1. The molecule has 0 saturated heterocycles. The van der Waals surface area contributed by atoms with E-state index in [9.17, 15) is 13.2 Å².